The first-order valence-electron chi connectivity index (χ1n) is 4.16. The van der Waals surface area contributed by atoms with Crippen LogP contribution in [0, 0.1) is 6.92 Å². The van der Waals surface area contributed by atoms with Gasteiger partial charge in [0.1, 0.15) is 23.7 Å². The van der Waals surface area contributed by atoms with Gasteiger partial charge in [0.2, 0.25) is 0 Å². The van der Waals surface area contributed by atoms with Crippen LogP contribution in [0.15, 0.2) is 23.1 Å². The average molecular weight is 196 g/mol. The highest BCUT2D eigenvalue weighted by molar-refractivity contribution is 5.88. The molecule has 1 aromatic heterocycles. The average Bonchev–Trinajstić information content (AvgIpc) is 2.47. The molecule has 0 bridgehead atoms. The maximum absolute atomic E-state index is 10.6. The third-order valence-corrected chi connectivity index (χ3v) is 1.68. The fourth-order valence-electron chi connectivity index (χ4n) is 1.07. The highest BCUT2D eigenvalue weighted by Crippen LogP contribution is 2.15. The maximum atomic E-state index is 10.6. The quantitative estimate of drug-likeness (QED) is 0.578. The van der Waals surface area contributed by atoms with E-state index >= 15 is 0 Å². The second-order valence-electron chi connectivity index (χ2n) is 2.79. The van der Waals surface area contributed by atoms with Gasteiger partial charge in [-0.05, 0) is 13.0 Å². The van der Waals surface area contributed by atoms with E-state index in [1.807, 2.05) is 0 Å². The minimum Gasteiger partial charge on any atom is -0.478 e. The number of carboxylic acids is 1. The molecule has 0 aromatic carbocycles. The first kappa shape index (κ1) is 10.5. The van der Waals surface area contributed by atoms with Gasteiger partial charge in [0, 0.05) is 0 Å². The van der Waals surface area contributed by atoms with Crippen molar-refractivity contribution in [2.45, 2.75) is 13.5 Å². The van der Waals surface area contributed by atoms with E-state index in [1.54, 1.807) is 13.0 Å². The van der Waals surface area contributed by atoms with Crippen molar-refractivity contribution < 1.29 is 19.1 Å². The predicted molar refractivity (Wildman–Crippen MR) is 50.3 cm³/mol. The molecule has 0 amide bonds. The van der Waals surface area contributed by atoms with E-state index in [9.17, 15) is 4.79 Å². The second-order valence-corrected chi connectivity index (χ2v) is 2.79. The summed E-state index contributed by atoms with van der Waals surface area (Å²) in [5.74, 6) is -0.0716. The molecule has 0 fully saturated rings. The topological polar surface area (TPSA) is 59.7 Å². The molecule has 0 unspecified atom stereocenters. The maximum Gasteiger partial charge on any atom is 0.339 e. The number of hydrogen-bond donors (Lipinski definition) is 1. The van der Waals surface area contributed by atoms with E-state index in [0.717, 1.165) is 0 Å². The Morgan fingerprint density at radius 3 is 3.00 bits per heavy atom. The van der Waals surface area contributed by atoms with Crippen LogP contribution in [0.5, 0.6) is 0 Å². The Hall–Kier alpha value is -1.55. The van der Waals surface area contributed by atoms with Crippen molar-refractivity contribution in [1.29, 1.82) is 0 Å². The van der Waals surface area contributed by atoms with Crippen LogP contribution < -0.4 is 0 Å². The van der Waals surface area contributed by atoms with Crippen molar-refractivity contribution in [1.82, 2.24) is 0 Å². The first-order valence-corrected chi connectivity index (χ1v) is 4.16. The number of carbonyl (C=O) groups is 1. The Morgan fingerprint density at radius 2 is 2.50 bits per heavy atom. The zero-order valence-corrected chi connectivity index (χ0v) is 7.95. The summed E-state index contributed by atoms with van der Waals surface area (Å²) in [7, 11) is 0. The lowest BCUT2D eigenvalue weighted by Crippen LogP contribution is -1.95. The first-order chi connectivity index (χ1) is 6.65. The van der Waals surface area contributed by atoms with Gasteiger partial charge >= 0.3 is 5.97 Å². The highest BCUT2D eigenvalue weighted by atomic mass is 16.5. The zero-order valence-electron chi connectivity index (χ0n) is 7.95. The standard InChI is InChI=1S/C10H12O4/c1-3-4-13-6-8-5-9(10(11)12)7(2)14-8/h3,5H,1,4,6H2,2H3,(H,11,12). The van der Waals surface area contributed by atoms with Crippen LogP contribution >= 0.6 is 0 Å². The fraction of sp³-hybridized carbons (Fsp3) is 0.300. The lowest BCUT2D eigenvalue weighted by molar-refractivity contribution is 0.0695. The largest absolute Gasteiger partial charge is 0.478 e. The smallest absolute Gasteiger partial charge is 0.339 e. The summed E-state index contributed by atoms with van der Waals surface area (Å²) in [5, 5.41) is 8.73. The highest BCUT2D eigenvalue weighted by Gasteiger charge is 2.13. The normalized spacial score (nSPS) is 10.1. The van der Waals surface area contributed by atoms with Crippen molar-refractivity contribution in [3.05, 3.63) is 35.8 Å². The van der Waals surface area contributed by atoms with Gasteiger partial charge in [0.05, 0.1) is 6.61 Å². The molecule has 4 nitrogen and oxygen atoms in total. The summed E-state index contributed by atoms with van der Waals surface area (Å²) >= 11 is 0. The molecule has 1 heterocycles. The van der Waals surface area contributed by atoms with E-state index in [0.29, 0.717) is 18.1 Å². The molecule has 1 rings (SSSR count). The summed E-state index contributed by atoms with van der Waals surface area (Å²) in [5.41, 5.74) is 0.183. The molecule has 0 aliphatic heterocycles. The summed E-state index contributed by atoms with van der Waals surface area (Å²) in [6, 6.07) is 1.47. The Morgan fingerprint density at radius 1 is 1.79 bits per heavy atom. The molecule has 76 valence electrons. The van der Waals surface area contributed by atoms with Crippen LogP contribution in [-0.4, -0.2) is 17.7 Å². The molecule has 0 aliphatic carbocycles. The number of hydrogen-bond acceptors (Lipinski definition) is 3. The molecule has 1 N–H and O–H groups in total. The molecule has 14 heavy (non-hydrogen) atoms. The Kier molecular flexibility index (Phi) is 3.48. The van der Waals surface area contributed by atoms with Crippen LogP contribution in [0.3, 0.4) is 0 Å². The monoisotopic (exact) mass is 196 g/mol. The molecule has 0 saturated carbocycles. The predicted octanol–water partition coefficient (Wildman–Crippen LogP) is 1.99. The van der Waals surface area contributed by atoms with E-state index in [2.05, 4.69) is 6.58 Å². The molecule has 0 spiro atoms. The van der Waals surface area contributed by atoms with Gasteiger partial charge in [-0.3, -0.25) is 0 Å². The third kappa shape index (κ3) is 2.47. The van der Waals surface area contributed by atoms with Crippen molar-refractivity contribution in [3.63, 3.8) is 0 Å². The van der Waals surface area contributed by atoms with Gasteiger partial charge in [-0.2, -0.15) is 0 Å². The van der Waals surface area contributed by atoms with Crippen LogP contribution in [0.2, 0.25) is 0 Å². The van der Waals surface area contributed by atoms with Crippen molar-refractivity contribution >= 4 is 5.97 Å². The van der Waals surface area contributed by atoms with Gasteiger partial charge in [-0.15, -0.1) is 6.58 Å². The summed E-state index contributed by atoms with van der Waals surface area (Å²) in [6.45, 7) is 5.79. The van der Waals surface area contributed by atoms with Gasteiger partial charge < -0.3 is 14.3 Å². The third-order valence-electron chi connectivity index (χ3n) is 1.68. The van der Waals surface area contributed by atoms with Crippen molar-refractivity contribution in [2.24, 2.45) is 0 Å². The number of rotatable bonds is 5. The van der Waals surface area contributed by atoms with Gasteiger partial charge in [-0.25, -0.2) is 4.79 Å². The molecule has 4 heteroatoms. The summed E-state index contributed by atoms with van der Waals surface area (Å²) in [6.07, 6.45) is 1.62. The molecule has 0 atom stereocenters. The lowest BCUT2D eigenvalue weighted by atomic mass is 10.2. The Bertz CT molecular complexity index is 338. The molecular weight excluding hydrogens is 184 g/mol. The van der Waals surface area contributed by atoms with E-state index in [1.165, 1.54) is 6.07 Å². The molecule has 0 saturated heterocycles. The van der Waals surface area contributed by atoms with E-state index < -0.39 is 5.97 Å². The Labute approximate surface area is 81.8 Å². The summed E-state index contributed by atoms with van der Waals surface area (Å²) < 4.78 is 10.3. The SMILES string of the molecule is C=CCOCc1cc(C(=O)O)c(C)o1. The van der Waals surface area contributed by atoms with Gasteiger partial charge in [-0.1, -0.05) is 6.08 Å². The fourth-order valence-corrected chi connectivity index (χ4v) is 1.07. The van der Waals surface area contributed by atoms with Crippen LogP contribution in [0.25, 0.3) is 0 Å². The minimum atomic E-state index is -0.985. The van der Waals surface area contributed by atoms with Gasteiger partial charge in [0.25, 0.3) is 0 Å². The number of ether oxygens (including phenoxy) is 1. The molecule has 0 radical (unpaired) electrons. The van der Waals surface area contributed by atoms with E-state index in [-0.39, 0.29) is 12.2 Å². The lowest BCUT2D eigenvalue weighted by Gasteiger charge is -1.95. The van der Waals surface area contributed by atoms with Crippen LogP contribution in [0.4, 0.5) is 0 Å². The van der Waals surface area contributed by atoms with E-state index in [4.69, 9.17) is 14.3 Å². The van der Waals surface area contributed by atoms with Crippen LogP contribution in [-0.2, 0) is 11.3 Å². The number of aromatic carboxylic acids is 1. The molecule has 0 aliphatic rings. The van der Waals surface area contributed by atoms with Crippen LogP contribution in [0.1, 0.15) is 21.9 Å². The molecule has 1 aromatic rings. The number of aryl methyl sites for hydroxylation is 1. The zero-order chi connectivity index (χ0) is 10.6. The van der Waals surface area contributed by atoms with Crippen molar-refractivity contribution in [2.75, 3.05) is 6.61 Å². The number of carboxylic acid groups (broad SMARTS) is 1. The molecular formula is C10H12O4. The Balaban J connectivity index is 2.66. The minimum absolute atomic E-state index is 0.183. The number of furan rings is 1. The second kappa shape index (κ2) is 4.62. The van der Waals surface area contributed by atoms with Gasteiger partial charge in [0.15, 0.2) is 0 Å². The van der Waals surface area contributed by atoms with Crippen molar-refractivity contribution in [3.8, 4) is 0 Å². The summed E-state index contributed by atoms with van der Waals surface area (Å²) in [4.78, 5) is 10.6.